The average molecular weight is 219 g/mol. The van der Waals surface area contributed by atoms with Crippen LogP contribution in [0, 0.1) is 13.8 Å². The molecule has 2 nitrogen and oxygen atoms in total. The lowest BCUT2D eigenvalue weighted by Crippen LogP contribution is -2.43. The minimum absolute atomic E-state index is 0.189. The van der Waals surface area contributed by atoms with E-state index in [2.05, 4.69) is 37.4 Å². The minimum atomic E-state index is -0.756. The summed E-state index contributed by atoms with van der Waals surface area (Å²) in [6.07, 6.45) is 2.21. The first-order valence-corrected chi connectivity index (χ1v) is 6.05. The molecular formula is C14H21NO. The lowest BCUT2D eigenvalue weighted by molar-refractivity contribution is 0.0212. The van der Waals surface area contributed by atoms with Crippen molar-refractivity contribution in [2.24, 2.45) is 0 Å². The van der Waals surface area contributed by atoms with Gasteiger partial charge in [-0.25, -0.2) is 0 Å². The normalized spacial score (nSPS) is 24.4. The van der Waals surface area contributed by atoms with Gasteiger partial charge in [0.05, 0.1) is 0 Å². The molecule has 0 spiro atoms. The fourth-order valence-electron chi connectivity index (χ4n) is 2.73. The summed E-state index contributed by atoms with van der Waals surface area (Å²) < 4.78 is 0. The van der Waals surface area contributed by atoms with Crippen molar-refractivity contribution in [2.75, 3.05) is 6.54 Å². The van der Waals surface area contributed by atoms with E-state index in [0.717, 1.165) is 24.9 Å². The van der Waals surface area contributed by atoms with Crippen LogP contribution < -0.4 is 5.32 Å². The monoisotopic (exact) mass is 219 g/mol. The Bertz CT molecular complexity index is 378. The van der Waals surface area contributed by atoms with Crippen LogP contribution in [0.25, 0.3) is 0 Å². The molecule has 0 amide bonds. The SMILES string of the molecule is Cc1ccc([C@@](C)(O)[C@@H]2CCCN2)c(C)c1. The van der Waals surface area contributed by atoms with Gasteiger partial charge >= 0.3 is 0 Å². The minimum Gasteiger partial charge on any atom is -0.384 e. The average Bonchev–Trinajstić information content (AvgIpc) is 2.69. The third-order valence-corrected chi connectivity index (χ3v) is 3.67. The van der Waals surface area contributed by atoms with Crippen LogP contribution in [0.5, 0.6) is 0 Å². The van der Waals surface area contributed by atoms with Crippen LogP contribution >= 0.6 is 0 Å². The zero-order chi connectivity index (χ0) is 11.8. The molecule has 0 saturated carbocycles. The Hall–Kier alpha value is -0.860. The number of benzene rings is 1. The molecule has 2 atom stereocenters. The van der Waals surface area contributed by atoms with Crippen LogP contribution in [0.1, 0.15) is 36.5 Å². The van der Waals surface area contributed by atoms with Gasteiger partial charge in [-0.1, -0.05) is 23.8 Å². The number of hydrogen-bond acceptors (Lipinski definition) is 2. The first-order valence-electron chi connectivity index (χ1n) is 6.05. The molecule has 88 valence electrons. The second-order valence-electron chi connectivity index (χ2n) is 5.11. The molecule has 1 aliphatic rings. The molecule has 2 N–H and O–H groups in total. The third-order valence-electron chi connectivity index (χ3n) is 3.67. The van der Waals surface area contributed by atoms with Crippen LogP contribution in [0.3, 0.4) is 0 Å². The highest BCUT2D eigenvalue weighted by atomic mass is 16.3. The number of nitrogens with one attached hydrogen (secondary N) is 1. The van der Waals surface area contributed by atoms with Crippen molar-refractivity contribution < 1.29 is 5.11 Å². The van der Waals surface area contributed by atoms with Gasteiger partial charge in [0.25, 0.3) is 0 Å². The maximum Gasteiger partial charge on any atom is 0.102 e. The van der Waals surface area contributed by atoms with E-state index < -0.39 is 5.60 Å². The molecule has 1 heterocycles. The molecule has 0 bridgehead atoms. The second kappa shape index (κ2) is 4.19. The maximum atomic E-state index is 10.7. The van der Waals surface area contributed by atoms with Crippen molar-refractivity contribution in [1.82, 2.24) is 5.32 Å². The molecular weight excluding hydrogens is 198 g/mol. The van der Waals surface area contributed by atoms with Crippen molar-refractivity contribution >= 4 is 0 Å². The molecule has 1 aromatic rings. The van der Waals surface area contributed by atoms with E-state index >= 15 is 0 Å². The summed E-state index contributed by atoms with van der Waals surface area (Å²) in [5.41, 5.74) is 2.72. The number of hydrogen-bond donors (Lipinski definition) is 2. The Kier molecular flexibility index (Phi) is 3.04. The van der Waals surface area contributed by atoms with Gasteiger partial charge in [-0.3, -0.25) is 0 Å². The van der Waals surface area contributed by atoms with E-state index in [0.29, 0.717) is 0 Å². The highest BCUT2D eigenvalue weighted by Crippen LogP contribution is 2.31. The van der Waals surface area contributed by atoms with Crippen molar-refractivity contribution in [2.45, 2.75) is 45.3 Å². The highest BCUT2D eigenvalue weighted by Gasteiger charge is 2.36. The van der Waals surface area contributed by atoms with Crippen LogP contribution in [0.15, 0.2) is 18.2 Å². The van der Waals surface area contributed by atoms with Gasteiger partial charge in [-0.15, -0.1) is 0 Å². The molecule has 1 saturated heterocycles. The van der Waals surface area contributed by atoms with Crippen molar-refractivity contribution in [1.29, 1.82) is 0 Å². The largest absolute Gasteiger partial charge is 0.384 e. The molecule has 1 aromatic carbocycles. The van der Waals surface area contributed by atoms with E-state index in [1.165, 1.54) is 11.1 Å². The van der Waals surface area contributed by atoms with Crippen molar-refractivity contribution in [3.8, 4) is 0 Å². The molecule has 2 rings (SSSR count). The van der Waals surface area contributed by atoms with Gasteiger partial charge in [-0.05, 0) is 51.3 Å². The van der Waals surface area contributed by atoms with E-state index in [9.17, 15) is 5.11 Å². The zero-order valence-electron chi connectivity index (χ0n) is 10.4. The first kappa shape index (κ1) is 11.6. The van der Waals surface area contributed by atoms with Crippen molar-refractivity contribution in [3.63, 3.8) is 0 Å². The summed E-state index contributed by atoms with van der Waals surface area (Å²) in [5.74, 6) is 0. The molecule has 0 unspecified atom stereocenters. The zero-order valence-corrected chi connectivity index (χ0v) is 10.4. The Labute approximate surface area is 97.7 Å². The van der Waals surface area contributed by atoms with Crippen LogP contribution in [0.2, 0.25) is 0 Å². The van der Waals surface area contributed by atoms with Gasteiger partial charge < -0.3 is 10.4 Å². The molecule has 0 aromatic heterocycles. The lowest BCUT2D eigenvalue weighted by atomic mass is 9.84. The van der Waals surface area contributed by atoms with Crippen molar-refractivity contribution in [3.05, 3.63) is 34.9 Å². The Morgan fingerprint density at radius 1 is 1.38 bits per heavy atom. The molecule has 0 aliphatic carbocycles. The summed E-state index contributed by atoms with van der Waals surface area (Å²) >= 11 is 0. The molecule has 2 heteroatoms. The molecule has 0 radical (unpaired) electrons. The van der Waals surface area contributed by atoms with E-state index in [4.69, 9.17) is 0 Å². The Morgan fingerprint density at radius 2 is 2.12 bits per heavy atom. The van der Waals surface area contributed by atoms with Gasteiger partial charge in [0, 0.05) is 6.04 Å². The van der Waals surface area contributed by atoms with Crippen LogP contribution in [0.4, 0.5) is 0 Å². The summed E-state index contributed by atoms with van der Waals surface area (Å²) in [6.45, 7) is 7.10. The summed E-state index contributed by atoms with van der Waals surface area (Å²) in [6, 6.07) is 6.46. The topological polar surface area (TPSA) is 32.3 Å². The van der Waals surface area contributed by atoms with Gasteiger partial charge in [0.1, 0.15) is 5.60 Å². The number of aryl methyl sites for hydroxylation is 2. The standard InChI is InChI=1S/C14H21NO/c1-10-6-7-12(11(2)9-10)14(3,16)13-5-4-8-15-13/h6-7,9,13,15-16H,4-5,8H2,1-3H3/t13-,14+/m0/s1. The van der Waals surface area contributed by atoms with E-state index in [1.807, 2.05) is 6.92 Å². The summed E-state index contributed by atoms with van der Waals surface area (Å²) in [4.78, 5) is 0. The van der Waals surface area contributed by atoms with Gasteiger partial charge in [0.15, 0.2) is 0 Å². The maximum absolute atomic E-state index is 10.7. The number of aliphatic hydroxyl groups is 1. The lowest BCUT2D eigenvalue weighted by Gasteiger charge is -2.32. The fourth-order valence-corrected chi connectivity index (χ4v) is 2.73. The number of rotatable bonds is 2. The second-order valence-corrected chi connectivity index (χ2v) is 5.11. The smallest absolute Gasteiger partial charge is 0.102 e. The summed E-state index contributed by atoms with van der Waals surface area (Å²) in [5, 5.41) is 14.1. The third kappa shape index (κ3) is 2.00. The van der Waals surface area contributed by atoms with E-state index in [1.54, 1.807) is 0 Å². The predicted octanol–water partition coefficient (Wildman–Crippen LogP) is 2.26. The van der Waals surface area contributed by atoms with Crippen LogP contribution in [-0.4, -0.2) is 17.7 Å². The first-order chi connectivity index (χ1) is 7.51. The Morgan fingerprint density at radius 3 is 2.69 bits per heavy atom. The molecule has 1 fully saturated rings. The molecule has 1 aliphatic heterocycles. The van der Waals surface area contributed by atoms with E-state index in [-0.39, 0.29) is 6.04 Å². The van der Waals surface area contributed by atoms with Gasteiger partial charge in [0.2, 0.25) is 0 Å². The Balaban J connectivity index is 2.34. The highest BCUT2D eigenvalue weighted by molar-refractivity contribution is 5.35. The molecule has 16 heavy (non-hydrogen) atoms. The predicted molar refractivity (Wildman–Crippen MR) is 66.5 cm³/mol. The van der Waals surface area contributed by atoms with Crippen LogP contribution in [-0.2, 0) is 5.60 Å². The quantitative estimate of drug-likeness (QED) is 0.799. The fraction of sp³-hybridized carbons (Fsp3) is 0.571. The summed E-state index contributed by atoms with van der Waals surface area (Å²) in [7, 11) is 0. The van der Waals surface area contributed by atoms with Gasteiger partial charge in [-0.2, -0.15) is 0 Å².